The van der Waals surface area contributed by atoms with E-state index in [9.17, 15) is 4.79 Å². The van der Waals surface area contributed by atoms with Gasteiger partial charge in [0.05, 0.1) is 6.04 Å². The molecular formula is C13H17N5OS. The molecule has 1 N–H and O–H groups in total. The molecule has 2 heterocycles. The van der Waals surface area contributed by atoms with Crippen LogP contribution in [-0.4, -0.2) is 25.2 Å². The van der Waals surface area contributed by atoms with Gasteiger partial charge in [-0.05, 0) is 38.7 Å². The second-order valence-corrected chi connectivity index (χ2v) is 5.85. The Hall–Kier alpha value is -1.76. The van der Waals surface area contributed by atoms with E-state index in [2.05, 4.69) is 19.8 Å². The number of nitrogens with zero attached hydrogens (tertiary/aromatic N) is 4. The summed E-state index contributed by atoms with van der Waals surface area (Å²) in [6.07, 6.45) is 5.65. The summed E-state index contributed by atoms with van der Waals surface area (Å²) >= 11 is 1.40. The molecule has 3 rings (SSSR count). The van der Waals surface area contributed by atoms with E-state index in [1.165, 1.54) is 11.5 Å². The summed E-state index contributed by atoms with van der Waals surface area (Å²) in [7, 11) is 0. The molecule has 1 fully saturated rings. The Morgan fingerprint density at radius 3 is 2.80 bits per heavy atom. The molecule has 1 aliphatic rings. The lowest BCUT2D eigenvalue weighted by Crippen LogP contribution is -2.32. The van der Waals surface area contributed by atoms with Crippen LogP contribution in [0.15, 0.2) is 23.1 Å². The monoisotopic (exact) mass is 291 g/mol. The Morgan fingerprint density at radius 1 is 1.35 bits per heavy atom. The second-order valence-electron chi connectivity index (χ2n) is 5.10. The summed E-state index contributed by atoms with van der Waals surface area (Å²) in [6, 6.07) is 3.89. The highest BCUT2D eigenvalue weighted by atomic mass is 32.1. The molecule has 1 aliphatic carbocycles. The molecule has 0 saturated heterocycles. The molecule has 6 nitrogen and oxygen atoms in total. The van der Waals surface area contributed by atoms with Crippen LogP contribution >= 0.6 is 11.5 Å². The van der Waals surface area contributed by atoms with Gasteiger partial charge in [0.1, 0.15) is 5.82 Å². The van der Waals surface area contributed by atoms with E-state index in [1.54, 1.807) is 23.0 Å². The highest BCUT2D eigenvalue weighted by molar-refractivity contribution is 7.09. The number of rotatable bonds is 3. The largest absolute Gasteiger partial charge is 0.358 e. The van der Waals surface area contributed by atoms with Gasteiger partial charge >= 0.3 is 0 Å². The lowest BCUT2D eigenvalue weighted by molar-refractivity contribution is 0.303. The Morgan fingerprint density at radius 2 is 2.15 bits per heavy atom. The Labute approximate surface area is 121 Å². The quantitative estimate of drug-likeness (QED) is 0.936. The maximum atomic E-state index is 11.8. The lowest BCUT2D eigenvalue weighted by atomic mass is 9.91. The van der Waals surface area contributed by atoms with Crippen LogP contribution in [0.2, 0.25) is 0 Å². The highest BCUT2D eigenvalue weighted by Gasteiger charge is 2.24. The smallest absolute Gasteiger partial charge is 0.266 e. The maximum absolute atomic E-state index is 11.8. The molecule has 20 heavy (non-hydrogen) atoms. The van der Waals surface area contributed by atoms with Crippen LogP contribution in [0.3, 0.4) is 0 Å². The third-order valence-electron chi connectivity index (χ3n) is 3.64. The van der Waals surface area contributed by atoms with Crippen LogP contribution in [0.4, 0.5) is 5.13 Å². The van der Waals surface area contributed by atoms with E-state index >= 15 is 0 Å². The number of hydrogen-bond acceptors (Lipinski definition) is 6. The van der Waals surface area contributed by atoms with Crippen molar-refractivity contribution in [3.8, 4) is 0 Å². The molecule has 0 amide bonds. The van der Waals surface area contributed by atoms with Gasteiger partial charge in [0.15, 0.2) is 0 Å². The van der Waals surface area contributed by atoms with E-state index in [4.69, 9.17) is 0 Å². The van der Waals surface area contributed by atoms with Crippen LogP contribution in [-0.2, 0) is 0 Å². The molecule has 7 heteroatoms. The van der Waals surface area contributed by atoms with Crippen LogP contribution in [0.5, 0.6) is 0 Å². The summed E-state index contributed by atoms with van der Waals surface area (Å²) < 4.78 is 5.79. The summed E-state index contributed by atoms with van der Waals surface area (Å²) in [5.41, 5.74) is -0.0105. The van der Waals surface area contributed by atoms with E-state index in [1.807, 2.05) is 6.92 Å². The van der Waals surface area contributed by atoms with E-state index in [0.29, 0.717) is 6.04 Å². The topological polar surface area (TPSA) is 72.7 Å². The zero-order valence-corrected chi connectivity index (χ0v) is 12.1. The Balaban J connectivity index is 1.60. The molecule has 0 aromatic carbocycles. The summed E-state index contributed by atoms with van der Waals surface area (Å²) in [4.78, 5) is 16.1. The first-order valence-electron chi connectivity index (χ1n) is 6.83. The number of anilines is 1. The van der Waals surface area contributed by atoms with Crippen molar-refractivity contribution in [3.05, 3.63) is 34.5 Å². The first kappa shape index (κ1) is 13.2. The molecule has 0 aliphatic heterocycles. The third-order valence-corrected chi connectivity index (χ3v) is 4.38. The number of aromatic nitrogens is 4. The molecule has 0 radical (unpaired) electrons. The van der Waals surface area contributed by atoms with Crippen molar-refractivity contribution >= 4 is 16.7 Å². The summed E-state index contributed by atoms with van der Waals surface area (Å²) in [6.45, 7) is 1.89. The zero-order chi connectivity index (χ0) is 13.9. The van der Waals surface area contributed by atoms with Crippen molar-refractivity contribution in [2.45, 2.75) is 44.7 Å². The van der Waals surface area contributed by atoms with Crippen molar-refractivity contribution in [2.24, 2.45) is 0 Å². The molecule has 0 bridgehead atoms. The molecule has 0 spiro atoms. The Bertz CT molecular complexity index is 629. The number of aryl methyl sites for hydroxylation is 1. The van der Waals surface area contributed by atoms with Gasteiger partial charge in [-0.1, -0.05) is 0 Å². The minimum absolute atomic E-state index is 0.0105. The average molecular weight is 291 g/mol. The molecular weight excluding hydrogens is 274 g/mol. The average Bonchev–Trinajstić information content (AvgIpc) is 2.86. The van der Waals surface area contributed by atoms with Crippen molar-refractivity contribution < 1.29 is 0 Å². The minimum Gasteiger partial charge on any atom is -0.358 e. The molecule has 1 saturated carbocycles. The fraction of sp³-hybridized carbons (Fsp3) is 0.538. The highest BCUT2D eigenvalue weighted by Crippen LogP contribution is 2.29. The zero-order valence-electron chi connectivity index (χ0n) is 11.3. The molecule has 0 atom stereocenters. The number of hydrogen-bond donors (Lipinski definition) is 1. The molecule has 2 aromatic heterocycles. The number of nitrogens with one attached hydrogen (secondary N) is 1. The van der Waals surface area contributed by atoms with Crippen LogP contribution in [0.25, 0.3) is 0 Å². The van der Waals surface area contributed by atoms with Gasteiger partial charge in [-0.25, -0.2) is 9.67 Å². The Kier molecular flexibility index (Phi) is 3.77. The van der Waals surface area contributed by atoms with Crippen molar-refractivity contribution in [3.63, 3.8) is 0 Å². The van der Waals surface area contributed by atoms with Crippen molar-refractivity contribution in [2.75, 3.05) is 5.32 Å². The van der Waals surface area contributed by atoms with Gasteiger partial charge in [0, 0.05) is 29.8 Å². The predicted octanol–water partition coefficient (Wildman–Crippen LogP) is 2.00. The standard InChI is InChI=1S/C13H17N5OS/c1-9-15-13(20-17-9)16-10-4-6-11(7-5-10)18-12(19)3-2-8-14-18/h2-3,8,10-11H,4-7H2,1H3,(H,15,16,17). The second kappa shape index (κ2) is 5.70. The van der Waals surface area contributed by atoms with Crippen molar-refractivity contribution in [1.29, 1.82) is 0 Å². The fourth-order valence-corrected chi connectivity index (χ4v) is 3.29. The van der Waals surface area contributed by atoms with E-state index in [-0.39, 0.29) is 11.6 Å². The fourth-order valence-electron chi connectivity index (χ4n) is 2.64. The van der Waals surface area contributed by atoms with Gasteiger partial charge in [0.2, 0.25) is 5.13 Å². The van der Waals surface area contributed by atoms with Gasteiger partial charge in [-0.2, -0.15) is 9.47 Å². The normalized spacial score (nSPS) is 22.6. The van der Waals surface area contributed by atoms with Crippen LogP contribution in [0.1, 0.15) is 37.5 Å². The van der Waals surface area contributed by atoms with E-state index < -0.39 is 0 Å². The SMILES string of the molecule is Cc1nsc(NC2CCC(n3ncccc3=O)CC2)n1. The van der Waals surface area contributed by atoms with Crippen LogP contribution in [0, 0.1) is 6.92 Å². The molecule has 106 valence electrons. The first-order valence-corrected chi connectivity index (χ1v) is 7.60. The van der Waals surface area contributed by atoms with Crippen molar-refractivity contribution in [1.82, 2.24) is 19.1 Å². The minimum atomic E-state index is -0.0105. The molecule has 0 unspecified atom stereocenters. The van der Waals surface area contributed by atoms with Gasteiger partial charge in [-0.3, -0.25) is 4.79 Å². The van der Waals surface area contributed by atoms with E-state index in [0.717, 1.165) is 36.6 Å². The third kappa shape index (κ3) is 2.87. The van der Waals surface area contributed by atoms with Gasteiger partial charge in [-0.15, -0.1) is 0 Å². The maximum Gasteiger partial charge on any atom is 0.266 e. The predicted molar refractivity (Wildman–Crippen MR) is 78.1 cm³/mol. The van der Waals surface area contributed by atoms with Crippen LogP contribution < -0.4 is 10.9 Å². The summed E-state index contributed by atoms with van der Waals surface area (Å²) in [5, 5.41) is 8.49. The van der Waals surface area contributed by atoms with Gasteiger partial charge in [0.25, 0.3) is 5.56 Å². The first-order chi connectivity index (χ1) is 9.72. The summed E-state index contributed by atoms with van der Waals surface area (Å²) in [5.74, 6) is 0.811. The van der Waals surface area contributed by atoms with Gasteiger partial charge < -0.3 is 5.32 Å². The lowest BCUT2D eigenvalue weighted by Gasteiger charge is -2.29. The molecule has 2 aromatic rings.